The number of fused-ring (bicyclic) bond motifs is 2. The third-order valence-corrected chi connectivity index (χ3v) is 6.84. The highest BCUT2D eigenvalue weighted by Crippen LogP contribution is 2.40. The first-order valence-electron chi connectivity index (χ1n) is 10.0. The van der Waals surface area contributed by atoms with Crippen molar-refractivity contribution in [3.05, 3.63) is 53.1 Å². The number of carbonyl (C=O) groups is 1. The predicted octanol–water partition coefficient (Wildman–Crippen LogP) is 2.64. The van der Waals surface area contributed by atoms with Gasteiger partial charge >= 0.3 is 6.09 Å². The molecule has 0 aliphatic carbocycles. The molecule has 0 spiro atoms. The van der Waals surface area contributed by atoms with Crippen LogP contribution in [0.4, 0.5) is 10.5 Å². The molecule has 2 aliphatic heterocycles. The van der Waals surface area contributed by atoms with Crippen LogP contribution in [0.15, 0.2) is 42.5 Å². The van der Waals surface area contributed by atoms with Crippen LogP contribution in [0.2, 0.25) is 5.02 Å². The number of benzene rings is 2. The Bertz CT molecular complexity index is 886. The highest BCUT2D eigenvalue weighted by Gasteiger charge is 2.49. The minimum absolute atomic E-state index is 0. The molecule has 2 aliphatic rings. The number of amides is 1. The van der Waals surface area contributed by atoms with Gasteiger partial charge in [-0.2, -0.15) is 0 Å². The molecule has 1 N–H and O–H groups in total. The van der Waals surface area contributed by atoms with Crippen LogP contribution in [0, 0.1) is 6.92 Å². The minimum Gasteiger partial charge on any atom is -1.00 e. The van der Waals surface area contributed by atoms with Crippen LogP contribution in [0.5, 0.6) is 0 Å². The maximum Gasteiger partial charge on any atom is 0.411 e. The SMILES string of the molecule is Cc1ccc(-c2cccc(Cl)c2)c(NC(=O)OC2C[C@H]3CC[C@@H](C2)[N+]3(C)C)c1.[Br-]. The monoisotopic (exact) mass is 478 g/mol. The van der Waals surface area contributed by atoms with Crippen molar-refractivity contribution in [1.29, 1.82) is 0 Å². The van der Waals surface area contributed by atoms with Crippen molar-refractivity contribution in [2.75, 3.05) is 19.4 Å². The lowest BCUT2D eigenvalue weighted by Gasteiger charge is -2.43. The second-order valence-electron chi connectivity index (χ2n) is 8.70. The molecule has 0 saturated carbocycles. The average molecular weight is 480 g/mol. The molecule has 2 heterocycles. The standard InChI is InChI=1S/C23H27ClN2O2.BrH/c1-15-7-10-21(16-5-4-6-17(24)12-16)22(11-15)25-23(27)28-20-13-18-8-9-19(14-20)26(18,2)3;/h4-7,10-12,18-20H,8-9,13-14H2,1-3H3;1H/t18-,19+,20?;. The van der Waals surface area contributed by atoms with E-state index in [4.69, 9.17) is 16.3 Å². The number of aryl methyl sites for hydroxylation is 1. The lowest BCUT2D eigenvalue weighted by Crippen LogP contribution is -3.00. The molecule has 6 heteroatoms. The van der Waals surface area contributed by atoms with Crippen LogP contribution in [-0.4, -0.2) is 42.9 Å². The van der Waals surface area contributed by atoms with Crippen LogP contribution < -0.4 is 22.3 Å². The number of ether oxygens (including phenoxy) is 1. The molecule has 2 aromatic carbocycles. The largest absolute Gasteiger partial charge is 1.00 e. The Morgan fingerprint density at radius 3 is 2.45 bits per heavy atom. The van der Waals surface area contributed by atoms with Gasteiger partial charge in [-0.3, -0.25) is 5.32 Å². The molecule has 3 atom stereocenters. The number of halogens is 2. The Morgan fingerprint density at radius 2 is 1.79 bits per heavy atom. The molecule has 4 nitrogen and oxygen atoms in total. The topological polar surface area (TPSA) is 38.3 Å². The van der Waals surface area contributed by atoms with Gasteiger partial charge in [0.2, 0.25) is 0 Å². The summed E-state index contributed by atoms with van der Waals surface area (Å²) >= 11 is 6.16. The van der Waals surface area contributed by atoms with Gasteiger partial charge in [-0.25, -0.2) is 4.79 Å². The van der Waals surface area contributed by atoms with E-state index in [0.717, 1.165) is 39.7 Å². The lowest BCUT2D eigenvalue weighted by atomic mass is 9.98. The van der Waals surface area contributed by atoms with Crippen LogP contribution in [0.3, 0.4) is 0 Å². The molecule has 2 bridgehead atoms. The van der Waals surface area contributed by atoms with Gasteiger partial charge in [0.05, 0.1) is 31.9 Å². The summed E-state index contributed by atoms with van der Waals surface area (Å²) in [5, 5.41) is 3.65. The average Bonchev–Trinajstić information content (AvgIpc) is 2.80. The van der Waals surface area contributed by atoms with E-state index in [9.17, 15) is 4.79 Å². The third kappa shape index (κ3) is 4.62. The fourth-order valence-corrected chi connectivity index (χ4v) is 5.08. The van der Waals surface area contributed by atoms with E-state index >= 15 is 0 Å². The van der Waals surface area contributed by atoms with Crippen molar-refractivity contribution in [2.45, 2.75) is 50.8 Å². The Balaban J connectivity index is 0.00000240. The molecule has 1 unspecified atom stereocenters. The molecule has 0 radical (unpaired) electrons. The summed E-state index contributed by atoms with van der Waals surface area (Å²) in [7, 11) is 4.62. The van der Waals surface area contributed by atoms with Gasteiger partial charge in [-0.1, -0.05) is 35.9 Å². The first-order valence-corrected chi connectivity index (χ1v) is 10.4. The van der Waals surface area contributed by atoms with Gasteiger partial charge < -0.3 is 26.2 Å². The van der Waals surface area contributed by atoms with Crippen LogP contribution in [0.25, 0.3) is 11.1 Å². The molecule has 0 aromatic heterocycles. The second kappa shape index (κ2) is 8.66. The van der Waals surface area contributed by atoms with E-state index < -0.39 is 0 Å². The second-order valence-corrected chi connectivity index (χ2v) is 9.13. The van der Waals surface area contributed by atoms with E-state index in [0.29, 0.717) is 17.1 Å². The first kappa shape index (κ1) is 22.1. The molecule has 4 rings (SSSR count). The van der Waals surface area contributed by atoms with Gasteiger partial charge in [-0.15, -0.1) is 0 Å². The normalized spacial score (nSPS) is 24.5. The molecule has 2 fully saturated rings. The smallest absolute Gasteiger partial charge is 0.411 e. The fraction of sp³-hybridized carbons (Fsp3) is 0.435. The summed E-state index contributed by atoms with van der Waals surface area (Å²) in [5.74, 6) is 0. The number of nitrogens with zero attached hydrogens (tertiary/aromatic N) is 1. The predicted molar refractivity (Wildman–Crippen MR) is 114 cm³/mol. The fourth-order valence-electron chi connectivity index (χ4n) is 4.89. The van der Waals surface area contributed by atoms with E-state index in [-0.39, 0.29) is 29.2 Å². The number of hydrogen-bond acceptors (Lipinski definition) is 2. The number of anilines is 1. The number of piperidine rings is 1. The highest BCUT2D eigenvalue weighted by atomic mass is 79.9. The number of nitrogens with one attached hydrogen (secondary N) is 1. The van der Waals surface area contributed by atoms with Crippen molar-refractivity contribution < 1.29 is 31.0 Å². The first-order chi connectivity index (χ1) is 13.3. The number of quaternary nitrogens is 1. The summed E-state index contributed by atoms with van der Waals surface area (Å²) < 4.78 is 6.91. The Labute approximate surface area is 188 Å². The number of rotatable bonds is 3. The zero-order valence-corrected chi connectivity index (χ0v) is 19.5. The van der Waals surface area contributed by atoms with Crippen LogP contribution in [-0.2, 0) is 4.74 Å². The van der Waals surface area contributed by atoms with E-state index in [1.54, 1.807) is 0 Å². The summed E-state index contributed by atoms with van der Waals surface area (Å²) in [6.45, 7) is 2.01. The molecule has 156 valence electrons. The maximum absolute atomic E-state index is 12.7. The van der Waals surface area contributed by atoms with Crippen molar-refractivity contribution in [1.82, 2.24) is 0 Å². The van der Waals surface area contributed by atoms with E-state index in [1.807, 2.05) is 49.4 Å². The van der Waals surface area contributed by atoms with Gasteiger partial charge in [0.15, 0.2) is 0 Å². The summed E-state index contributed by atoms with van der Waals surface area (Å²) in [5.41, 5.74) is 3.74. The maximum atomic E-state index is 12.7. The number of carbonyl (C=O) groups excluding carboxylic acids is 1. The van der Waals surface area contributed by atoms with Gasteiger partial charge in [0, 0.05) is 36.3 Å². The molecule has 1 amide bonds. The lowest BCUT2D eigenvalue weighted by molar-refractivity contribution is -0.931. The van der Waals surface area contributed by atoms with Crippen molar-refractivity contribution in [2.24, 2.45) is 0 Å². The zero-order valence-electron chi connectivity index (χ0n) is 17.1. The van der Waals surface area contributed by atoms with Crippen molar-refractivity contribution in [3.8, 4) is 11.1 Å². The zero-order chi connectivity index (χ0) is 19.9. The minimum atomic E-state index is -0.370. The van der Waals surface area contributed by atoms with Gasteiger partial charge in [0.1, 0.15) is 6.10 Å². The van der Waals surface area contributed by atoms with Crippen molar-refractivity contribution in [3.63, 3.8) is 0 Å². The Kier molecular flexibility index (Phi) is 6.61. The molecule has 29 heavy (non-hydrogen) atoms. The molecule has 2 saturated heterocycles. The molecule has 2 aromatic rings. The van der Waals surface area contributed by atoms with Gasteiger partial charge in [0.25, 0.3) is 0 Å². The number of hydrogen-bond donors (Lipinski definition) is 1. The Hall–Kier alpha value is -1.56. The highest BCUT2D eigenvalue weighted by molar-refractivity contribution is 6.30. The van der Waals surface area contributed by atoms with E-state index in [1.165, 1.54) is 12.8 Å². The summed E-state index contributed by atoms with van der Waals surface area (Å²) in [4.78, 5) is 12.7. The summed E-state index contributed by atoms with van der Waals surface area (Å²) in [6, 6.07) is 14.9. The Morgan fingerprint density at radius 1 is 1.10 bits per heavy atom. The van der Waals surface area contributed by atoms with Crippen LogP contribution >= 0.6 is 11.6 Å². The summed E-state index contributed by atoms with van der Waals surface area (Å²) in [6.07, 6.45) is 4.00. The van der Waals surface area contributed by atoms with Crippen molar-refractivity contribution >= 4 is 23.4 Å². The third-order valence-electron chi connectivity index (χ3n) is 6.61. The molecular formula is C23H28BrClN2O2. The van der Waals surface area contributed by atoms with E-state index in [2.05, 4.69) is 19.4 Å². The molecular weight excluding hydrogens is 452 g/mol. The van der Waals surface area contributed by atoms with Crippen LogP contribution in [0.1, 0.15) is 31.2 Å². The van der Waals surface area contributed by atoms with Gasteiger partial charge in [-0.05, 0) is 36.2 Å². The quantitative estimate of drug-likeness (QED) is 0.688.